The summed E-state index contributed by atoms with van der Waals surface area (Å²) in [5.41, 5.74) is 0.692. The quantitative estimate of drug-likeness (QED) is 0.601. The van der Waals surface area contributed by atoms with Crippen LogP contribution in [-0.4, -0.2) is 62.2 Å². The van der Waals surface area contributed by atoms with Crippen molar-refractivity contribution >= 4 is 17.2 Å². The highest BCUT2D eigenvalue weighted by molar-refractivity contribution is 7.77. The van der Waals surface area contributed by atoms with Crippen LogP contribution in [0, 0.1) is 11.8 Å². The second-order valence-electron chi connectivity index (χ2n) is 8.58. The number of hydrogen-bond donors (Lipinski definition) is 2. The summed E-state index contributed by atoms with van der Waals surface area (Å²) in [6, 6.07) is 0.0281. The molecule has 1 aliphatic carbocycles. The molecule has 5 unspecified atom stereocenters. The molecule has 0 aromatic heterocycles. The van der Waals surface area contributed by atoms with Crippen LogP contribution in [-0.2, 0) is 16.1 Å². The van der Waals surface area contributed by atoms with E-state index in [1.165, 1.54) is 0 Å². The van der Waals surface area contributed by atoms with E-state index < -0.39 is 22.7 Å². The summed E-state index contributed by atoms with van der Waals surface area (Å²) in [6.07, 6.45) is 1.53. The second kappa shape index (κ2) is 7.56. The number of nitrogens with zero attached hydrogens (tertiary/aromatic N) is 2. The van der Waals surface area contributed by atoms with Crippen molar-refractivity contribution in [2.24, 2.45) is 11.8 Å². The predicted molar refractivity (Wildman–Crippen MR) is 107 cm³/mol. The number of hydrogen-bond acceptors (Lipinski definition) is 6. The fraction of sp³-hybridized carbons (Fsp3) is 0.737. The third-order valence-electron chi connectivity index (χ3n) is 6.46. The first-order chi connectivity index (χ1) is 12.4. The van der Waals surface area contributed by atoms with Crippen molar-refractivity contribution in [3.8, 4) is 0 Å². The Morgan fingerprint density at radius 2 is 1.93 bits per heavy atom. The topological polar surface area (TPSA) is 87.7 Å². The van der Waals surface area contributed by atoms with Crippen molar-refractivity contribution in [1.82, 2.24) is 19.8 Å². The minimum Gasteiger partial charge on any atom is -0.755 e. The molecule has 5 atom stereocenters. The molecule has 2 N–H and O–H groups in total. The van der Waals surface area contributed by atoms with Crippen LogP contribution >= 0.6 is 0 Å². The highest BCUT2D eigenvalue weighted by Crippen LogP contribution is 2.50. The van der Waals surface area contributed by atoms with Gasteiger partial charge in [-0.2, -0.15) is 0 Å². The molecule has 0 spiro atoms. The molecule has 2 aliphatic rings. The maximum Gasteiger partial charge on any atom is 0.256 e. The summed E-state index contributed by atoms with van der Waals surface area (Å²) in [7, 11) is 3.75. The lowest BCUT2D eigenvalue weighted by Gasteiger charge is -2.42. The van der Waals surface area contributed by atoms with Crippen LogP contribution in [0.25, 0.3) is 0 Å². The number of nitrogens with one attached hydrogen (secondary N) is 2. The Morgan fingerprint density at radius 1 is 1.37 bits per heavy atom. The Hall–Kier alpha value is -1.38. The number of likely N-dealkylation sites (tertiary alicyclic amines) is 1. The van der Waals surface area contributed by atoms with Gasteiger partial charge in [0.2, 0.25) is 0 Å². The van der Waals surface area contributed by atoms with E-state index in [-0.39, 0.29) is 17.5 Å². The Balaban J connectivity index is 2.25. The molecule has 7 nitrogen and oxygen atoms in total. The molecule has 0 aromatic carbocycles. The van der Waals surface area contributed by atoms with Crippen LogP contribution in [0.2, 0.25) is 0 Å². The summed E-state index contributed by atoms with van der Waals surface area (Å²) in [6.45, 7) is 17.8. The maximum absolute atomic E-state index is 12.6. The monoisotopic (exact) mass is 397 g/mol. The molecule has 27 heavy (non-hydrogen) atoms. The summed E-state index contributed by atoms with van der Waals surface area (Å²) >= 11 is -2.62. The Kier molecular flexibility index (Phi) is 6.14. The van der Waals surface area contributed by atoms with Crippen LogP contribution in [0.5, 0.6) is 0 Å². The molecule has 0 radical (unpaired) electrons. The average Bonchev–Trinajstić information content (AvgIpc) is 3.12. The number of rotatable bonds is 8. The lowest BCUT2D eigenvalue weighted by atomic mass is 9.98. The molecular formula is C19H33N4O3S-. The lowest BCUT2D eigenvalue weighted by Crippen LogP contribution is -2.52. The van der Waals surface area contributed by atoms with Crippen LogP contribution in [0.4, 0.5) is 0 Å². The van der Waals surface area contributed by atoms with E-state index in [0.717, 1.165) is 24.4 Å². The van der Waals surface area contributed by atoms with Gasteiger partial charge in [-0.3, -0.25) is 13.7 Å². The van der Waals surface area contributed by atoms with Gasteiger partial charge in [0.1, 0.15) is 5.54 Å². The summed E-state index contributed by atoms with van der Waals surface area (Å²) in [5.74, 6) is 0.0473. The first-order valence-electron chi connectivity index (χ1n) is 9.36. The van der Waals surface area contributed by atoms with E-state index in [1.54, 1.807) is 0 Å². The highest BCUT2D eigenvalue weighted by Gasteiger charge is 2.61. The second-order valence-corrected chi connectivity index (χ2v) is 9.25. The van der Waals surface area contributed by atoms with E-state index in [9.17, 15) is 13.6 Å². The first-order valence-corrected chi connectivity index (χ1v) is 10.4. The van der Waals surface area contributed by atoms with Gasteiger partial charge in [0.05, 0.1) is 11.6 Å². The van der Waals surface area contributed by atoms with E-state index >= 15 is 0 Å². The van der Waals surface area contributed by atoms with Crippen molar-refractivity contribution in [3.05, 3.63) is 24.6 Å². The summed E-state index contributed by atoms with van der Waals surface area (Å²) in [5, 5.41) is 3.29. The van der Waals surface area contributed by atoms with E-state index in [4.69, 9.17) is 0 Å². The summed E-state index contributed by atoms with van der Waals surface area (Å²) in [4.78, 5) is 16.7. The van der Waals surface area contributed by atoms with Crippen LogP contribution in [0.1, 0.15) is 40.5 Å². The molecule has 0 bridgehead atoms. The van der Waals surface area contributed by atoms with Gasteiger partial charge in [-0.15, -0.1) is 0 Å². The van der Waals surface area contributed by atoms with Gasteiger partial charge in [-0.1, -0.05) is 27.0 Å². The van der Waals surface area contributed by atoms with Crippen LogP contribution in [0.15, 0.2) is 24.6 Å². The van der Waals surface area contributed by atoms with Gasteiger partial charge >= 0.3 is 0 Å². The third-order valence-corrected chi connectivity index (χ3v) is 6.81. The number of carbonyl (C=O) groups excluding carboxylic acids is 1. The van der Waals surface area contributed by atoms with Gasteiger partial charge in [0.15, 0.2) is 0 Å². The molecule has 8 heteroatoms. The molecule has 2 rings (SSSR count). The van der Waals surface area contributed by atoms with E-state index in [0.29, 0.717) is 12.3 Å². The van der Waals surface area contributed by atoms with Crippen molar-refractivity contribution in [1.29, 1.82) is 0 Å². The normalized spacial score (nSPS) is 31.4. The fourth-order valence-corrected chi connectivity index (χ4v) is 4.48. The van der Waals surface area contributed by atoms with Gasteiger partial charge < -0.3 is 19.7 Å². The number of carbonyl (C=O) groups is 1. The zero-order valence-electron chi connectivity index (χ0n) is 17.3. The molecule has 1 saturated heterocycles. The smallest absolute Gasteiger partial charge is 0.256 e. The van der Waals surface area contributed by atoms with Gasteiger partial charge in [-0.05, 0) is 45.6 Å². The number of likely N-dealkylation sites (N-methyl/N-ethyl adjacent to an activating group) is 2. The Morgan fingerprint density at radius 3 is 2.37 bits per heavy atom. The zero-order valence-corrected chi connectivity index (χ0v) is 18.1. The maximum atomic E-state index is 12.6. The molecule has 1 aliphatic heterocycles. The molecule has 1 heterocycles. The fourth-order valence-electron chi connectivity index (χ4n) is 4.15. The standard InChI is InChI=1S/C19H34N4O3S/c1-12-9-16(23(11-12)15(4)18(5,6)20-7)14(3)22(8)19(10-13(19)2)17(24)21-27(25)26/h12-13,16,20H,3-4,9-11H2,1-2,5-8H3,(H,21,24)(H,25,26)/p-1. The highest BCUT2D eigenvalue weighted by atomic mass is 32.2. The lowest BCUT2D eigenvalue weighted by molar-refractivity contribution is -0.125. The van der Waals surface area contributed by atoms with Crippen molar-refractivity contribution < 1.29 is 13.6 Å². The van der Waals surface area contributed by atoms with Crippen LogP contribution < -0.4 is 10.0 Å². The largest absolute Gasteiger partial charge is 0.755 e. The van der Waals surface area contributed by atoms with Gasteiger partial charge in [-0.25, -0.2) is 0 Å². The Labute approximate surface area is 165 Å². The third kappa shape index (κ3) is 3.93. The molecule has 1 saturated carbocycles. The minimum absolute atomic E-state index is 0.0281. The van der Waals surface area contributed by atoms with Crippen molar-refractivity contribution in [2.45, 2.75) is 57.7 Å². The molecular weight excluding hydrogens is 364 g/mol. The molecule has 154 valence electrons. The van der Waals surface area contributed by atoms with Crippen molar-refractivity contribution in [2.75, 3.05) is 20.6 Å². The minimum atomic E-state index is -2.62. The predicted octanol–water partition coefficient (Wildman–Crippen LogP) is 1.34. The van der Waals surface area contributed by atoms with E-state index in [1.807, 2.05) is 30.6 Å². The first kappa shape index (κ1) is 21.9. The molecule has 1 amide bonds. The summed E-state index contributed by atoms with van der Waals surface area (Å²) < 4.78 is 24.0. The SMILES string of the molecule is C=C(C1CC(C)CN1C(=C)C(C)(C)NC)N(C)C1(C(=O)NS(=O)[O-])CC1C. The van der Waals surface area contributed by atoms with Crippen molar-refractivity contribution in [3.63, 3.8) is 0 Å². The van der Waals surface area contributed by atoms with Gasteiger partial charge in [0.25, 0.3) is 5.91 Å². The molecule has 0 aromatic rings. The average molecular weight is 398 g/mol. The van der Waals surface area contributed by atoms with Gasteiger partial charge in [0, 0.05) is 36.3 Å². The molecule has 2 fully saturated rings. The zero-order chi connectivity index (χ0) is 20.7. The van der Waals surface area contributed by atoms with Crippen LogP contribution in [0.3, 0.4) is 0 Å². The Bertz CT molecular complexity index is 665. The van der Waals surface area contributed by atoms with E-state index in [2.05, 4.69) is 44.1 Å². The number of amides is 1.